The maximum Gasteiger partial charge on any atom is 0.227 e. The summed E-state index contributed by atoms with van der Waals surface area (Å²) in [7, 11) is 1.61. The number of aliphatic hydroxyl groups excluding tert-OH is 1. The topological polar surface area (TPSA) is 74.5 Å². The summed E-state index contributed by atoms with van der Waals surface area (Å²) in [4.78, 5) is 11.3. The van der Waals surface area contributed by atoms with Crippen molar-refractivity contribution in [3.05, 3.63) is 35.6 Å². The van der Waals surface area contributed by atoms with Gasteiger partial charge in [0, 0.05) is 25.5 Å². The molecule has 1 amide bonds. The molecule has 2 rings (SSSR count). The van der Waals surface area contributed by atoms with Gasteiger partial charge in [0.2, 0.25) is 5.91 Å². The number of carbonyl (C=O) groups excluding carboxylic acids is 1. The van der Waals surface area contributed by atoms with Crippen LogP contribution in [0, 0.1) is 0 Å². The van der Waals surface area contributed by atoms with Crippen LogP contribution >= 0.6 is 0 Å². The molecule has 3 N–H and O–H groups in total. The minimum Gasteiger partial charge on any atom is -0.461 e. The van der Waals surface area contributed by atoms with E-state index >= 15 is 0 Å². The Kier molecular flexibility index (Phi) is 7.50. The summed E-state index contributed by atoms with van der Waals surface area (Å²) in [5, 5.41) is 15.4. The number of furan rings is 1. The highest BCUT2D eigenvalue weighted by atomic mass is 16.3. The molecule has 116 valence electrons. The molecule has 0 saturated heterocycles. The number of likely N-dealkylation sites (N-methyl/N-ethyl adjacent to an activating group) is 1. The van der Waals surface area contributed by atoms with E-state index in [2.05, 4.69) is 10.6 Å². The van der Waals surface area contributed by atoms with Crippen LogP contribution in [0.1, 0.15) is 25.2 Å². The lowest BCUT2D eigenvalue weighted by Crippen LogP contribution is -2.19. The molecular weight excluding hydrogens is 268 g/mol. The second-order valence-electron chi connectivity index (χ2n) is 4.34. The summed E-state index contributed by atoms with van der Waals surface area (Å²) in [6.45, 7) is 5.37. The van der Waals surface area contributed by atoms with E-state index in [1.807, 2.05) is 38.1 Å². The number of nitrogens with one attached hydrogen (secondary N) is 2. The van der Waals surface area contributed by atoms with Crippen LogP contribution in [0.15, 0.2) is 28.7 Å². The van der Waals surface area contributed by atoms with E-state index in [0.717, 1.165) is 16.5 Å². The van der Waals surface area contributed by atoms with Gasteiger partial charge in [-0.15, -0.1) is 0 Å². The van der Waals surface area contributed by atoms with Crippen LogP contribution in [-0.2, 0) is 17.8 Å². The summed E-state index contributed by atoms with van der Waals surface area (Å²) >= 11 is 0. The van der Waals surface area contributed by atoms with Crippen molar-refractivity contribution in [3.63, 3.8) is 0 Å². The molecule has 0 unspecified atom stereocenters. The Hall–Kier alpha value is -1.85. The van der Waals surface area contributed by atoms with Crippen LogP contribution in [-0.4, -0.2) is 31.2 Å². The number of carbonyl (C=O) groups is 1. The maximum absolute atomic E-state index is 11.3. The highest BCUT2D eigenvalue weighted by Crippen LogP contribution is 2.21. The molecule has 0 radical (unpaired) electrons. The zero-order chi connectivity index (χ0) is 15.7. The lowest BCUT2D eigenvalue weighted by Gasteiger charge is -2.02. The van der Waals surface area contributed by atoms with Gasteiger partial charge in [-0.1, -0.05) is 26.0 Å². The van der Waals surface area contributed by atoms with Gasteiger partial charge in [-0.3, -0.25) is 4.79 Å². The molecular formula is C16H24N2O3. The zero-order valence-corrected chi connectivity index (χ0v) is 12.9. The van der Waals surface area contributed by atoms with Crippen molar-refractivity contribution in [1.82, 2.24) is 10.6 Å². The van der Waals surface area contributed by atoms with Crippen LogP contribution in [0.4, 0.5) is 0 Å². The van der Waals surface area contributed by atoms with Crippen molar-refractivity contribution in [3.8, 4) is 0 Å². The molecule has 5 nitrogen and oxygen atoms in total. The van der Waals surface area contributed by atoms with E-state index in [1.165, 1.54) is 0 Å². The van der Waals surface area contributed by atoms with E-state index in [1.54, 1.807) is 7.05 Å². The number of hydrogen-bond donors (Lipinski definition) is 3. The first-order valence-electron chi connectivity index (χ1n) is 7.26. The quantitative estimate of drug-likeness (QED) is 0.710. The van der Waals surface area contributed by atoms with Crippen molar-refractivity contribution in [2.24, 2.45) is 0 Å². The minimum atomic E-state index is -0.0658. The highest BCUT2D eigenvalue weighted by Gasteiger charge is 2.08. The van der Waals surface area contributed by atoms with Gasteiger partial charge in [0.1, 0.15) is 11.3 Å². The number of rotatable bonds is 6. The van der Waals surface area contributed by atoms with Gasteiger partial charge >= 0.3 is 0 Å². The summed E-state index contributed by atoms with van der Waals surface area (Å²) in [5.74, 6) is 0.596. The number of aliphatic hydroxyl groups is 1. The second kappa shape index (κ2) is 9.15. The lowest BCUT2D eigenvalue weighted by molar-refractivity contribution is -0.120. The van der Waals surface area contributed by atoms with Gasteiger partial charge in [0.05, 0.1) is 13.0 Å². The van der Waals surface area contributed by atoms with Crippen LogP contribution in [0.3, 0.4) is 0 Å². The van der Waals surface area contributed by atoms with Gasteiger partial charge in [-0.25, -0.2) is 0 Å². The first-order valence-corrected chi connectivity index (χ1v) is 7.26. The minimum absolute atomic E-state index is 0.0658. The number of hydrogen-bond acceptors (Lipinski definition) is 4. The molecule has 0 aliphatic rings. The third-order valence-electron chi connectivity index (χ3n) is 2.87. The smallest absolute Gasteiger partial charge is 0.227 e. The van der Waals surface area contributed by atoms with E-state index < -0.39 is 0 Å². The number of benzene rings is 1. The molecule has 0 saturated carbocycles. The lowest BCUT2D eigenvalue weighted by atomic mass is 10.1. The van der Waals surface area contributed by atoms with Gasteiger partial charge in [0.25, 0.3) is 0 Å². The fraction of sp³-hybridized carbons (Fsp3) is 0.438. The molecule has 0 aliphatic heterocycles. The van der Waals surface area contributed by atoms with Crippen molar-refractivity contribution < 1.29 is 14.3 Å². The van der Waals surface area contributed by atoms with Gasteiger partial charge in [-0.2, -0.15) is 0 Å². The molecule has 1 aromatic heterocycles. The van der Waals surface area contributed by atoms with Crippen molar-refractivity contribution in [2.75, 3.05) is 20.2 Å². The standard InChI is InChI=1S/C14H18N2O3.C2H6/c1-15-14(18)8-12-7-11-3-2-10(6-13(11)19-12)9-16-4-5-17;1-2/h2-3,6-7,16-17H,4-5,8-9H2,1H3,(H,15,18);1-2H3. The van der Waals surface area contributed by atoms with Crippen LogP contribution in [0.2, 0.25) is 0 Å². The second-order valence-corrected chi connectivity index (χ2v) is 4.34. The Labute approximate surface area is 125 Å². The Balaban J connectivity index is 0.00000106. The summed E-state index contributed by atoms with van der Waals surface area (Å²) in [5.41, 5.74) is 1.86. The third kappa shape index (κ3) is 5.21. The van der Waals surface area contributed by atoms with E-state index in [9.17, 15) is 4.79 Å². The number of fused-ring (bicyclic) bond motifs is 1. The fourth-order valence-corrected chi connectivity index (χ4v) is 1.89. The molecule has 2 aromatic rings. The molecule has 1 aromatic carbocycles. The Morgan fingerprint density at radius 3 is 2.71 bits per heavy atom. The van der Waals surface area contributed by atoms with Gasteiger partial charge in [0.15, 0.2) is 0 Å². The summed E-state index contributed by atoms with van der Waals surface area (Å²) < 4.78 is 5.65. The largest absolute Gasteiger partial charge is 0.461 e. The highest BCUT2D eigenvalue weighted by molar-refractivity contribution is 5.82. The summed E-state index contributed by atoms with van der Waals surface area (Å²) in [6, 6.07) is 7.82. The average molecular weight is 292 g/mol. The molecule has 0 bridgehead atoms. The fourth-order valence-electron chi connectivity index (χ4n) is 1.89. The van der Waals surface area contributed by atoms with Crippen molar-refractivity contribution in [1.29, 1.82) is 0 Å². The monoisotopic (exact) mass is 292 g/mol. The predicted molar refractivity (Wildman–Crippen MR) is 84.1 cm³/mol. The van der Waals surface area contributed by atoms with Gasteiger partial charge in [-0.05, 0) is 17.7 Å². The summed E-state index contributed by atoms with van der Waals surface area (Å²) in [6.07, 6.45) is 0.253. The van der Waals surface area contributed by atoms with E-state index in [-0.39, 0.29) is 18.9 Å². The predicted octanol–water partition coefficient (Wildman–Crippen LogP) is 1.83. The number of amides is 1. The molecule has 0 aliphatic carbocycles. The van der Waals surface area contributed by atoms with E-state index in [4.69, 9.17) is 9.52 Å². The zero-order valence-electron chi connectivity index (χ0n) is 12.9. The Bertz CT molecular complexity index is 564. The van der Waals surface area contributed by atoms with Gasteiger partial charge < -0.3 is 20.2 Å². The third-order valence-corrected chi connectivity index (χ3v) is 2.87. The van der Waals surface area contributed by atoms with Crippen molar-refractivity contribution in [2.45, 2.75) is 26.8 Å². The first kappa shape index (κ1) is 17.2. The molecule has 5 heteroatoms. The Morgan fingerprint density at radius 2 is 2.05 bits per heavy atom. The molecule has 0 spiro atoms. The van der Waals surface area contributed by atoms with E-state index in [0.29, 0.717) is 18.8 Å². The molecule has 1 heterocycles. The SMILES string of the molecule is CC.CNC(=O)Cc1cc2ccc(CNCCO)cc2o1. The molecule has 0 fully saturated rings. The normalized spacial score (nSPS) is 10.1. The Morgan fingerprint density at radius 1 is 1.29 bits per heavy atom. The first-order chi connectivity index (χ1) is 10.2. The molecule has 21 heavy (non-hydrogen) atoms. The van der Waals surface area contributed by atoms with Crippen LogP contribution < -0.4 is 10.6 Å². The maximum atomic E-state index is 11.3. The van der Waals surface area contributed by atoms with Crippen LogP contribution in [0.25, 0.3) is 11.0 Å². The average Bonchev–Trinajstić information content (AvgIpc) is 2.91. The van der Waals surface area contributed by atoms with Crippen LogP contribution in [0.5, 0.6) is 0 Å². The van der Waals surface area contributed by atoms with Crippen molar-refractivity contribution >= 4 is 16.9 Å². The molecule has 0 atom stereocenters.